The lowest BCUT2D eigenvalue weighted by Gasteiger charge is -2.30. The van der Waals surface area contributed by atoms with E-state index in [1.54, 1.807) is 0 Å². The number of rotatable bonds is 14. The van der Waals surface area contributed by atoms with Crippen LogP contribution in [0.1, 0.15) is 94.9 Å². The first-order chi connectivity index (χ1) is 12.4. The van der Waals surface area contributed by atoms with Crippen molar-refractivity contribution >= 4 is 19.5 Å². The summed E-state index contributed by atoms with van der Waals surface area (Å²) in [5.41, 5.74) is 0.294. The molecule has 0 aromatic rings. The molecule has 0 saturated carbocycles. The van der Waals surface area contributed by atoms with E-state index in [0.29, 0.717) is 0 Å². The third kappa shape index (κ3) is 16.9. The van der Waals surface area contributed by atoms with Gasteiger partial charge in [-0.05, 0) is 68.2 Å². The van der Waals surface area contributed by atoms with Gasteiger partial charge >= 0.3 is 0 Å². The normalized spacial score (nSPS) is 18.4. The van der Waals surface area contributed by atoms with Crippen LogP contribution < -0.4 is 5.32 Å². The second kappa shape index (κ2) is 13.5. The Morgan fingerprint density at radius 2 is 1.04 bits per heavy atom. The average molecular weight is 422 g/mol. The van der Waals surface area contributed by atoms with Crippen molar-refractivity contribution in [1.29, 1.82) is 0 Å². The topological polar surface area (TPSA) is 49.0 Å². The smallest absolute Gasteiger partial charge is 0.191 e. The van der Waals surface area contributed by atoms with Gasteiger partial charge in [0.25, 0.3) is 0 Å². The molecule has 4 atom stereocenters. The molecule has 0 aliphatic rings. The summed E-state index contributed by atoms with van der Waals surface area (Å²) in [6, 6.07) is 0. The van der Waals surface area contributed by atoms with E-state index in [-0.39, 0.29) is 35.1 Å². The van der Waals surface area contributed by atoms with Gasteiger partial charge in [-0.2, -0.15) is 0 Å². The fraction of sp³-hybridized carbons (Fsp3) is 1.00. The molecule has 0 heterocycles. The molecule has 0 aliphatic carbocycles. The Labute approximate surface area is 173 Å². The minimum atomic E-state index is -0.737. The molecule has 164 valence electrons. The molecule has 27 heavy (non-hydrogen) atoms. The highest BCUT2D eigenvalue weighted by Gasteiger charge is 2.22. The second-order valence-electron chi connectivity index (χ2n) is 9.39. The molecule has 0 bridgehead atoms. The highest BCUT2D eigenvalue weighted by Crippen LogP contribution is 2.13. The van der Waals surface area contributed by atoms with Crippen LogP contribution in [0.5, 0.6) is 0 Å². The van der Waals surface area contributed by atoms with Crippen LogP contribution in [0.2, 0.25) is 0 Å². The first-order valence-corrected chi connectivity index (χ1v) is 13.5. The van der Waals surface area contributed by atoms with Gasteiger partial charge in [-0.15, -0.1) is 0 Å². The first-order valence-electron chi connectivity index (χ1n) is 10.7. The van der Waals surface area contributed by atoms with Crippen molar-refractivity contribution in [3.63, 3.8) is 0 Å². The quantitative estimate of drug-likeness (QED) is 0.344. The third-order valence-corrected chi connectivity index (χ3v) is 7.90. The SMILES string of the molecule is CCCC(OC(C)NC(C)OC(CCC)[SiH2]OC(C)(C)C)[SiH2]OC(C)(C)C. The predicted octanol–water partition coefficient (Wildman–Crippen LogP) is 3.35. The first kappa shape index (κ1) is 27.2. The zero-order chi connectivity index (χ0) is 21.1. The van der Waals surface area contributed by atoms with E-state index in [1.807, 2.05) is 0 Å². The van der Waals surface area contributed by atoms with Gasteiger partial charge in [0.1, 0.15) is 12.5 Å². The van der Waals surface area contributed by atoms with Gasteiger partial charge in [-0.25, -0.2) is 0 Å². The molecule has 1 N–H and O–H groups in total. The second-order valence-corrected chi connectivity index (χ2v) is 12.5. The van der Waals surface area contributed by atoms with Crippen molar-refractivity contribution in [3.8, 4) is 0 Å². The number of nitrogens with one attached hydrogen (secondary N) is 1. The van der Waals surface area contributed by atoms with E-state index >= 15 is 0 Å². The maximum Gasteiger partial charge on any atom is 0.191 e. The molecule has 0 aromatic heterocycles. The summed E-state index contributed by atoms with van der Waals surface area (Å²) in [6.07, 6.45) is 4.21. The Kier molecular flexibility index (Phi) is 13.6. The van der Waals surface area contributed by atoms with Crippen molar-refractivity contribution in [2.24, 2.45) is 0 Å². The van der Waals surface area contributed by atoms with E-state index in [1.165, 1.54) is 0 Å². The maximum atomic E-state index is 6.24. The predicted molar refractivity (Wildman–Crippen MR) is 120 cm³/mol. The van der Waals surface area contributed by atoms with Crippen LogP contribution >= 0.6 is 0 Å². The van der Waals surface area contributed by atoms with Crippen LogP contribution in [0.4, 0.5) is 0 Å². The van der Waals surface area contributed by atoms with Gasteiger partial charge in [0.2, 0.25) is 0 Å². The summed E-state index contributed by atoms with van der Waals surface area (Å²) in [6.45, 7) is 21.2. The molecular formula is C20H47NO4Si2. The van der Waals surface area contributed by atoms with Crippen molar-refractivity contribution in [2.45, 2.75) is 130 Å². The Morgan fingerprint density at radius 1 is 0.704 bits per heavy atom. The summed E-state index contributed by atoms with van der Waals surface area (Å²) in [5, 5.41) is 3.44. The minimum absolute atomic E-state index is 0.0555. The molecule has 0 saturated heterocycles. The maximum absolute atomic E-state index is 6.24. The van der Waals surface area contributed by atoms with E-state index in [2.05, 4.69) is 74.6 Å². The Morgan fingerprint density at radius 3 is 1.30 bits per heavy atom. The standard InChI is InChI=1S/C20H47NO4Si2/c1-11-13-17(26-24-19(5,6)7)22-15(3)21-16(4)23-18(14-12-2)27-25-20(8,9)10/h15-18,21H,11-14,26-27H2,1-10H3. The molecule has 0 rings (SSSR count). The summed E-state index contributed by atoms with van der Waals surface area (Å²) in [7, 11) is -1.47. The molecule has 0 amide bonds. The fourth-order valence-electron chi connectivity index (χ4n) is 2.70. The molecule has 0 aromatic carbocycles. The van der Waals surface area contributed by atoms with Gasteiger partial charge in [-0.3, -0.25) is 5.32 Å². The molecule has 5 nitrogen and oxygen atoms in total. The summed E-state index contributed by atoms with van der Waals surface area (Å²) in [4.78, 5) is 0. The van der Waals surface area contributed by atoms with Gasteiger partial charge in [0, 0.05) is 11.2 Å². The number of hydrogen-bond acceptors (Lipinski definition) is 5. The Balaban J connectivity index is 4.46. The van der Waals surface area contributed by atoms with Crippen LogP contribution in [-0.4, -0.2) is 54.6 Å². The molecule has 0 fully saturated rings. The Hall–Kier alpha value is 0.234. The average Bonchev–Trinajstić information content (AvgIpc) is 2.49. The summed E-state index contributed by atoms with van der Waals surface area (Å²) >= 11 is 0. The largest absolute Gasteiger partial charge is 0.417 e. The van der Waals surface area contributed by atoms with Crippen molar-refractivity contribution in [1.82, 2.24) is 5.32 Å². The van der Waals surface area contributed by atoms with Crippen LogP contribution in [0, 0.1) is 0 Å². The molecule has 0 spiro atoms. The molecule has 4 unspecified atom stereocenters. The van der Waals surface area contributed by atoms with Crippen LogP contribution in [0.15, 0.2) is 0 Å². The molecule has 0 aliphatic heterocycles. The third-order valence-electron chi connectivity index (χ3n) is 3.89. The van der Waals surface area contributed by atoms with E-state index in [0.717, 1.165) is 25.7 Å². The monoisotopic (exact) mass is 421 g/mol. The lowest BCUT2D eigenvalue weighted by Crippen LogP contribution is -2.44. The lowest BCUT2D eigenvalue weighted by molar-refractivity contribution is -0.0612. The van der Waals surface area contributed by atoms with Gasteiger partial charge < -0.3 is 18.3 Å². The fourth-order valence-corrected chi connectivity index (χ4v) is 5.95. The molecule has 0 radical (unpaired) electrons. The molecular weight excluding hydrogens is 374 g/mol. The number of ether oxygens (including phenoxy) is 2. The zero-order valence-electron chi connectivity index (χ0n) is 19.7. The Bertz CT molecular complexity index is 338. The van der Waals surface area contributed by atoms with Crippen LogP contribution in [0.3, 0.4) is 0 Å². The highest BCUT2D eigenvalue weighted by atomic mass is 28.2. The summed E-state index contributed by atoms with van der Waals surface area (Å²) in [5.74, 6) is 0. The lowest BCUT2D eigenvalue weighted by atomic mass is 10.2. The van der Waals surface area contributed by atoms with Gasteiger partial charge in [0.05, 0.1) is 11.5 Å². The highest BCUT2D eigenvalue weighted by molar-refractivity contribution is 6.29. The molecule has 7 heteroatoms. The van der Waals surface area contributed by atoms with Crippen molar-refractivity contribution in [2.75, 3.05) is 0 Å². The van der Waals surface area contributed by atoms with Crippen molar-refractivity contribution < 1.29 is 18.3 Å². The summed E-state index contributed by atoms with van der Waals surface area (Å²) < 4.78 is 24.6. The van der Waals surface area contributed by atoms with Gasteiger partial charge in [-0.1, -0.05) is 26.7 Å². The van der Waals surface area contributed by atoms with Gasteiger partial charge in [0.15, 0.2) is 19.5 Å². The zero-order valence-corrected chi connectivity index (χ0v) is 22.5. The van der Waals surface area contributed by atoms with E-state index in [9.17, 15) is 0 Å². The van der Waals surface area contributed by atoms with E-state index in [4.69, 9.17) is 18.3 Å². The van der Waals surface area contributed by atoms with Crippen LogP contribution in [-0.2, 0) is 18.3 Å². The van der Waals surface area contributed by atoms with Crippen LogP contribution in [0.25, 0.3) is 0 Å². The van der Waals surface area contributed by atoms with E-state index < -0.39 is 19.5 Å². The number of hydrogen-bond donors (Lipinski definition) is 1. The van der Waals surface area contributed by atoms with Crippen molar-refractivity contribution in [3.05, 3.63) is 0 Å². The minimum Gasteiger partial charge on any atom is -0.417 e.